The molecule has 0 atom stereocenters. The highest BCUT2D eigenvalue weighted by Crippen LogP contribution is 2.38. The Balaban J connectivity index is 1.28. The highest BCUT2D eigenvalue weighted by molar-refractivity contribution is 9.08. The van der Waals surface area contributed by atoms with Gasteiger partial charge in [-0.2, -0.15) is 0 Å². The zero-order valence-corrected chi connectivity index (χ0v) is 31.4. The number of aromatic nitrogens is 4. The van der Waals surface area contributed by atoms with Gasteiger partial charge in [-0.05, 0) is 82.0 Å². The van der Waals surface area contributed by atoms with Crippen molar-refractivity contribution in [2.24, 2.45) is 0 Å². The number of benzene rings is 4. The van der Waals surface area contributed by atoms with Gasteiger partial charge >= 0.3 is 0 Å². The van der Waals surface area contributed by atoms with Gasteiger partial charge in [-0.25, -0.2) is 0 Å². The van der Waals surface area contributed by atoms with E-state index >= 15 is 0 Å². The summed E-state index contributed by atoms with van der Waals surface area (Å²) in [5, 5.41) is 1.64. The first kappa shape index (κ1) is 32.4. The van der Waals surface area contributed by atoms with Crippen LogP contribution in [0.25, 0.3) is 91.6 Å². The van der Waals surface area contributed by atoms with Gasteiger partial charge in [-0.15, -0.1) is 0 Å². The highest BCUT2D eigenvalue weighted by atomic mass is 79.9. The number of H-pyrrole nitrogens is 4. The second-order valence-corrected chi connectivity index (χ2v) is 14.2. The summed E-state index contributed by atoms with van der Waals surface area (Å²) in [5.74, 6) is 0. The normalized spacial score (nSPS) is 12.0. The van der Waals surface area contributed by atoms with Crippen LogP contribution in [0, 0.1) is 0 Å². The van der Waals surface area contributed by atoms with Crippen molar-refractivity contribution in [2.45, 2.75) is 10.7 Å². The predicted octanol–water partition coefficient (Wildman–Crippen LogP) is 13.4. The smallest absolute Gasteiger partial charge is 0.0630 e. The number of fused-ring (bicyclic) bond motifs is 10. The molecule has 0 fully saturated rings. The van der Waals surface area contributed by atoms with Crippen LogP contribution in [-0.4, -0.2) is 19.9 Å². The Labute approximate surface area is 319 Å². The standard InChI is InChI=1S/C46H34Br2N4/c47-27-29-11-15-33(16-12-29)37-25-45-46-26-38(34-17-13-30(28-48)14-18-34)42(52-46)22-20-40-36(32-9-5-2-6-10-32)24-44(50-40)43-23-35(31-7-3-1-4-8-31)39(49-43)19-21-41(37)51-45/h1-26,49-52H,27-28H2. The lowest BCUT2D eigenvalue weighted by atomic mass is 10.0. The first-order valence-electron chi connectivity index (χ1n) is 17.3. The molecule has 4 nitrogen and oxygen atoms in total. The first-order chi connectivity index (χ1) is 25.6. The molecule has 5 heterocycles. The molecule has 1 aliphatic rings. The number of alkyl halides is 2. The Hall–Kier alpha value is -5.56. The Bertz CT molecular complexity index is 2380. The molecule has 8 bridgehead atoms. The van der Waals surface area contributed by atoms with Crippen molar-refractivity contribution in [3.8, 4) is 67.3 Å². The second kappa shape index (κ2) is 13.9. The van der Waals surface area contributed by atoms with E-state index < -0.39 is 0 Å². The number of halogens is 2. The van der Waals surface area contributed by atoms with Crippen LogP contribution in [0.1, 0.15) is 33.9 Å². The SMILES string of the molecule is BrCc1ccc(-c2cc3[nH]c2C=Cc2[nH]c(cc2-c2ccccc2)-c2cc(-c4ccccc4)c([nH]2)C=Cc2[nH]c-3cc2-c2ccc(CBr)cc2)cc1. The Morgan fingerprint density at radius 2 is 0.596 bits per heavy atom. The number of hydrogen-bond donors (Lipinski definition) is 4. The second-order valence-electron chi connectivity index (χ2n) is 13.1. The van der Waals surface area contributed by atoms with E-state index in [1.54, 1.807) is 0 Å². The quantitative estimate of drug-likeness (QED) is 0.121. The monoisotopic (exact) mass is 800 g/mol. The molecular formula is C46H34Br2N4. The summed E-state index contributed by atoms with van der Waals surface area (Å²) in [4.78, 5) is 15.2. The summed E-state index contributed by atoms with van der Waals surface area (Å²) in [6, 6.07) is 47.8. The lowest BCUT2D eigenvalue weighted by Gasteiger charge is -2.03. The predicted molar refractivity (Wildman–Crippen MR) is 226 cm³/mol. The van der Waals surface area contributed by atoms with E-state index in [0.717, 1.165) is 101 Å². The molecule has 0 aliphatic carbocycles. The fraction of sp³-hybridized carbons (Fsp3) is 0.0435. The maximum Gasteiger partial charge on any atom is 0.0630 e. The molecule has 9 rings (SSSR count). The zero-order valence-electron chi connectivity index (χ0n) is 28.2. The van der Waals surface area contributed by atoms with Gasteiger partial charge in [0.1, 0.15) is 0 Å². The molecule has 0 saturated heterocycles. The van der Waals surface area contributed by atoms with Crippen molar-refractivity contribution in [1.82, 2.24) is 19.9 Å². The van der Waals surface area contributed by atoms with E-state index in [4.69, 9.17) is 0 Å². The van der Waals surface area contributed by atoms with Crippen LogP contribution in [0.15, 0.2) is 133 Å². The molecule has 0 spiro atoms. The van der Waals surface area contributed by atoms with Gasteiger partial charge in [0.15, 0.2) is 0 Å². The lowest BCUT2D eigenvalue weighted by molar-refractivity contribution is 1.29. The minimum Gasteiger partial charge on any atom is -0.353 e. The van der Waals surface area contributed by atoms with E-state index in [-0.39, 0.29) is 0 Å². The van der Waals surface area contributed by atoms with Gasteiger partial charge in [0.25, 0.3) is 0 Å². The van der Waals surface area contributed by atoms with Crippen molar-refractivity contribution >= 4 is 56.2 Å². The fourth-order valence-corrected chi connectivity index (χ4v) is 7.81. The van der Waals surface area contributed by atoms with E-state index in [0.29, 0.717) is 0 Å². The topological polar surface area (TPSA) is 63.2 Å². The zero-order chi connectivity index (χ0) is 35.0. The van der Waals surface area contributed by atoms with Crippen molar-refractivity contribution in [3.63, 3.8) is 0 Å². The Morgan fingerprint density at radius 3 is 0.865 bits per heavy atom. The van der Waals surface area contributed by atoms with Gasteiger partial charge in [0.05, 0.1) is 22.8 Å². The molecule has 6 heteroatoms. The molecule has 4 aromatic heterocycles. The minimum atomic E-state index is 0.822. The van der Waals surface area contributed by atoms with Crippen molar-refractivity contribution < 1.29 is 0 Å². The average molecular weight is 803 g/mol. The van der Waals surface area contributed by atoms with Crippen LogP contribution in [0.5, 0.6) is 0 Å². The number of hydrogen-bond acceptors (Lipinski definition) is 0. The first-order valence-corrected chi connectivity index (χ1v) is 19.6. The highest BCUT2D eigenvalue weighted by Gasteiger charge is 2.18. The summed E-state index contributed by atoms with van der Waals surface area (Å²) < 4.78 is 0. The molecule has 4 aromatic carbocycles. The number of nitrogens with one attached hydrogen (secondary N) is 4. The van der Waals surface area contributed by atoms with E-state index in [2.05, 4.69) is 210 Å². The molecule has 252 valence electrons. The van der Waals surface area contributed by atoms with Crippen LogP contribution in [-0.2, 0) is 10.7 Å². The van der Waals surface area contributed by atoms with Crippen molar-refractivity contribution in [2.75, 3.05) is 0 Å². The molecule has 4 N–H and O–H groups in total. The Kier molecular flexibility index (Phi) is 8.63. The third kappa shape index (κ3) is 6.19. The van der Waals surface area contributed by atoms with Crippen molar-refractivity contribution in [3.05, 3.63) is 167 Å². The van der Waals surface area contributed by atoms with Gasteiger partial charge in [-0.3, -0.25) is 0 Å². The number of aromatic amines is 4. The summed E-state index contributed by atoms with van der Waals surface area (Å²) in [6.45, 7) is 0. The van der Waals surface area contributed by atoms with E-state index in [9.17, 15) is 0 Å². The molecule has 0 radical (unpaired) electrons. The lowest BCUT2D eigenvalue weighted by Crippen LogP contribution is -1.84. The van der Waals surface area contributed by atoms with Crippen LogP contribution in [0.3, 0.4) is 0 Å². The van der Waals surface area contributed by atoms with Gasteiger partial charge < -0.3 is 19.9 Å². The molecule has 0 saturated carbocycles. The Morgan fingerprint density at radius 1 is 0.327 bits per heavy atom. The molecule has 52 heavy (non-hydrogen) atoms. The summed E-state index contributed by atoms with van der Waals surface area (Å²) in [6.07, 6.45) is 8.79. The molecular weight excluding hydrogens is 768 g/mol. The largest absolute Gasteiger partial charge is 0.353 e. The van der Waals surface area contributed by atoms with Crippen LogP contribution >= 0.6 is 31.9 Å². The maximum atomic E-state index is 3.80. The molecule has 1 aliphatic heterocycles. The third-order valence-electron chi connectivity index (χ3n) is 9.81. The molecule has 0 unspecified atom stereocenters. The van der Waals surface area contributed by atoms with E-state index in [1.165, 1.54) is 11.1 Å². The van der Waals surface area contributed by atoms with E-state index in [1.807, 2.05) is 0 Å². The van der Waals surface area contributed by atoms with Gasteiger partial charge in [-0.1, -0.05) is 141 Å². The number of rotatable bonds is 6. The average Bonchev–Trinajstić information content (AvgIpc) is 4.01. The molecule has 0 amide bonds. The van der Waals surface area contributed by atoms with Crippen LogP contribution in [0.2, 0.25) is 0 Å². The van der Waals surface area contributed by atoms with Crippen LogP contribution < -0.4 is 0 Å². The van der Waals surface area contributed by atoms with Crippen molar-refractivity contribution in [1.29, 1.82) is 0 Å². The fourth-order valence-electron chi connectivity index (χ4n) is 7.06. The summed E-state index contributed by atoms with van der Waals surface area (Å²) >= 11 is 7.22. The third-order valence-corrected chi connectivity index (χ3v) is 11.1. The van der Waals surface area contributed by atoms with Crippen LogP contribution in [0.4, 0.5) is 0 Å². The minimum absolute atomic E-state index is 0.822. The summed E-state index contributed by atoms with van der Waals surface area (Å²) in [7, 11) is 0. The summed E-state index contributed by atoms with van der Waals surface area (Å²) in [5.41, 5.74) is 19.9. The van der Waals surface area contributed by atoms with Gasteiger partial charge in [0, 0.05) is 55.7 Å². The van der Waals surface area contributed by atoms with Gasteiger partial charge in [0.2, 0.25) is 0 Å². The molecule has 8 aromatic rings. The maximum absolute atomic E-state index is 3.80.